The van der Waals surface area contributed by atoms with Crippen LogP contribution < -0.4 is 4.74 Å². The monoisotopic (exact) mass is 615 g/mol. The molecule has 0 radical (unpaired) electrons. The van der Waals surface area contributed by atoms with Gasteiger partial charge in [0, 0.05) is 6.42 Å². The van der Waals surface area contributed by atoms with Crippen LogP contribution in [0.1, 0.15) is 70.4 Å². The van der Waals surface area contributed by atoms with E-state index in [1.54, 1.807) is 0 Å². The van der Waals surface area contributed by atoms with Gasteiger partial charge in [-0.2, -0.15) is 0 Å². The zero-order valence-electron chi connectivity index (χ0n) is 26.4. The zero-order chi connectivity index (χ0) is 31.1. The van der Waals surface area contributed by atoms with E-state index in [1.807, 2.05) is 32.9 Å². The average molecular weight is 616 g/mol. The summed E-state index contributed by atoms with van der Waals surface area (Å²) >= 11 is 0. The van der Waals surface area contributed by atoms with Crippen LogP contribution in [0.4, 0.5) is 4.79 Å². The van der Waals surface area contributed by atoms with Gasteiger partial charge in [0.15, 0.2) is 21.3 Å². The van der Waals surface area contributed by atoms with E-state index in [1.165, 1.54) is 25.8 Å². The molecule has 44 heavy (non-hydrogen) atoms. The predicted molar refractivity (Wildman–Crippen MR) is 170 cm³/mol. The molecule has 2 atom stereocenters. The summed E-state index contributed by atoms with van der Waals surface area (Å²) in [6.45, 7) is 9.53. The Bertz CT molecular complexity index is 1430. The summed E-state index contributed by atoms with van der Waals surface area (Å²) in [6, 6.07) is 25.4. The molecule has 4 aliphatic rings. The lowest BCUT2D eigenvalue weighted by molar-refractivity contribution is -0.225. The number of aryl methyl sites for hydroxylation is 2. The van der Waals surface area contributed by atoms with Crippen LogP contribution in [-0.2, 0) is 29.9 Å². The number of hydrogen-bond acceptors (Lipinski definition) is 6. The molecule has 3 aromatic rings. The summed E-state index contributed by atoms with van der Waals surface area (Å²) < 4.78 is 23.6. The lowest BCUT2D eigenvalue weighted by atomic mass is 9.52. The Kier molecular flexibility index (Phi) is 8.20. The minimum absolute atomic E-state index is 0.169. The number of carbonyl (C=O) groups is 2. The van der Waals surface area contributed by atoms with E-state index >= 15 is 0 Å². The van der Waals surface area contributed by atoms with Crippen molar-refractivity contribution in [3.63, 3.8) is 0 Å². The maximum Gasteiger partial charge on any atom is 0.509 e. The molecule has 4 saturated carbocycles. The van der Waals surface area contributed by atoms with Crippen LogP contribution in [0.5, 0.6) is 5.75 Å². The molecule has 0 saturated heterocycles. The Hall–Kier alpha value is -3.45. The molecule has 7 rings (SSSR count). The molecular weight excluding hydrogens is 572 g/mol. The largest absolute Gasteiger partial charge is 0.509 e. The maximum absolute atomic E-state index is 13.1. The smallest absolute Gasteiger partial charge is 0.482 e. The van der Waals surface area contributed by atoms with Crippen molar-refractivity contribution in [1.29, 1.82) is 0 Å². The number of rotatable bonds is 8. The number of benzene rings is 3. The second-order valence-electron chi connectivity index (χ2n) is 14.1. The van der Waals surface area contributed by atoms with E-state index in [-0.39, 0.29) is 23.5 Å². The van der Waals surface area contributed by atoms with Gasteiger partial charge in [0.1, 0.15) is 22.6 Å². The molecule has 3 aromatic carbocycles. The summed E-state index contributed by atoms with van der Waals surface area (Å²) in [6.07, 6.45) is 4.20. The fourth-order valence-electron chi connectivity index (χ4n) is 7.62. The van der Waals surface area contributed by atoms with Crippen LogP contribution in [0.2, 0.25) is 0 Å². The van der Waals surface area contributed by atoms with Gasteiger partial charge in [-0.15, -0.1) is 0 Å². The minimum atomic E-state index is -0.639. The Balaban J connectivity index is 1.11. The highest BCUT2D eigenvalue weighted by atomic mass is 32.2. The van der Waals surface area contributed by atoms with E-state index in [2.05, 4.69) is 74.5 Å². The van der Waals surface area contributed by atoms with Crippen LogP contribution >= 0.6 is 0 Å². The third-order valence-electron chi connectivity index (χ3n) is 8.90. The van der Waals surface area contributed by atoms with Crippen LogP contribution in [0, 0.1) is 25.7 Å². The van der Waals surface area contributed by atoms with Crippen molar-refractivity contribution in [3.05, 3.63) is 83.9 Å². The van der Waals surface area contributed by atoms with Gasteiger partial charge >= 0.3 is 12.1 Å². The lowest BCUT2D eigenvalue weighted by Gasteiger charge is -2.59. The first-order valence-electron chi connectivity index (χ1n) is 15.6. The number of ether oxygens (including phenoxy) is 4. The van der Waals surface area contributed by atoms with Gasteiger partial charge in [-0.05, 0) is 127 Å². The fourth-order valence-corrected chi connectivity index (χ4v) is 9.67. The third kappa shape index (κ3) is 6.93. The first kappa shape index (κ1) is 30.6. The van der Waals surface area contributed by atoms with Gasteiger partial charge in [0.2, 0.25) is 0 Å². The standard InChI is InChI=1S/C37H43O6S/c1-25-6-12-30(13-7-25)44(31-14-8-26(2)9-15-31)32-16-10-29(11-17-32)40-23-33(38)41-36-19-27-18-28(20-36)22-37(21-27,24-36)43-34(39)42-35(3,4)5/h6-17,27-28H,18-24H2,1-5H3/q+1. The van der Waals surface area contributed by atoms with Gasteiger partial charge in [-0.25, -0.2) is 9.59 Å². The summed E-state index contributed by atoms with van der Waals surface area (Å²) in [4.78, 5) is 29.4. The topological polar surface area (TPSA) is 71.1 Å². The molecular formula is C37H43O6S+. The molecule has 6 nitrogen and oxygen atoms in total. The van der Waals surface area contributed by atoms with Crippen molar-refractivity contribution in [2.24, 2.45) is 11.8 Å². The summed E-state index contributed by atoms with van der Waals surface area (Å²) in [5.41, 5.74) is 0.594. The van der Waals surface area contributed by atoms with Gasteiger partial charge < -0.3 is 18.9 Å². The number of carbonyl (C=O) groups excluding carboxylic acids is 2. The highest BCUT2D eigenvalue weighted by Crippen LogP contribution is 2.60. The van der Waals surface area contributed by atoms with E-state index in [0.717, 1.165) is 32.1 Å². The van der Waals surface area contributed by atoms with Crippen molar-refractivity contribution in [2.45, 2.75) is 105 Å². The molecule has 0 amide bonds. The van der Waals surface area contributed by atoms with E-state index in [9.17, 15) is 9.59 Å². The number of hydrogen-bond donors (Lipinski definition) is 0. The average Bonchev–Trinajstić information content (AvgIpc) is 2.92. The molecule has 4 aliphatic carbocycles. The van der Waals surface area contributed by atoms with E-state index in [0.29, 0.717) is 24.0 Å². The Morgan fingerprint density at radius 2 is 1.18 bits per heavy atom. The molecule has 4 fully saturated rings. The van der Waals surface area contributed by atoms with Crippen LogP contribution in [-0.4, -0.2) is 35.5 Å². The molecule has 232 valence electrons. The number of esters is 1. The molecule has 0 spiro atoms. The van der Waals surface area contributed by atoms with Crippen LogP contribution in [0.15, 0.2) is 87.5 Å². The predicted octanol–water partition coefficient (Wildman–Crippen LogP) is 8.36. The zero-order valence-corrected chi connectivity index (χ0v) is 27.2. The van der Waals surface area contributed by atoms with Gasteiger partial charge in [-0.3, -0.25) is 0 Å². The minimum Gasteiger partial charge on any atom is -0.482 e. The third-order valence-corrected chi connectivity index (χ3v) is 11.1. The van der Waals surface area contributed by atoms with Gasteiger partial charge in [-0.1, -0.05) is 35.4 Å². The highest BCUT2D eigenvalue weighted by molar-refractivity contribution is 7.97. The Morgan fingerprint density at radius 1 is 0.727 bits per heavy atom. The summed E-state index contributed by atoms with van der Waals surface area (Å²) in [5.74, 6) is 0.978. The van der Waals surface area contributed by atoms with Crippen molar-refractivity contribution in [1.82, 2.24) is 0 Å². The first-order chi connectivity index (χ1) is 20.9. The Labute approximate surface area is 263 Å². The molecule has 0 aromatic heterocycles. The van der Waals surface area contributed by atoms with Gasteiger partial charge in [0.05, 0.1) is 10.9 Å². The first-order valence-corrected chi connectivity index (χ1v) is 16.9. The SMILES string of the molecule is Cc1ccc([S+](c2ccc(C)cc2)c2ccc(OCC(=O)OC34CC5CC(C3)CC(OC(=O)OC(C)(C)C)(C5)C4)cc2)cc1. The lowest BCUT2D eigenvalue weighted by Crippen LogP contribution is -2.62. The van der Waals surface area contributed by atoms with Crippen LogP contribution in [0.25, 0.3) is 0 Å². The van der Waals surface area contributed by atoms with E-state index < -0.39 is 23.0 Å². The quantitative estimate of drug-likeness (QED) is 0.187. The molecule has 0 heterocycles. The second-order valence-corrected chi connectivity index (χ2v) is 16.1. The van der Waals surface area contributed by atoms with Gasteiger partial charge in [0.25, 0.3) is 0 Å². The maximum atomic E-state index is 13.1. The summed E-state index contributed by atoms with van der Waals surface area (Å²) in [7, 11) is -0.267. The van der Waals surface area contributed by atoms with Crippen LogP contribution in [0.3, 0.4) is 0 Å². The summed E-state index contributed by atoms with van der Waals surface area (Å²) in [5, 5.41) is 0. The Morgan fingerprint density at radius 3 is 1.66 bits per heavy atom. The highest BCUT2D eigenvalue weighted by Gasteiger charge is 2.61. The fraction of sp³-hybridized carbons (Fsp3) is 0.459. The molecule has 4 bridgehead atoms. The molecule has 7 heteroatoms. The second kappa shape index (κ2) is 11.8. The molecule has 2 unspecified atom stereocenters. The van der Waals surface area contributed by atoms with Crippen molar-refractivity contribution in [2.75, 3.05) is 6.61 Å². The molecule has 0 aliphatic heterocycles. The van der Waals surface area contributed by atoms with E-state index in [4.69, 9.17) is 18.9 Å². The van der Waals surface area contributed by atoms with Crippen molar-refractivity contribution < 1.29 is 28.5 Å². The normalized spacial score (nSPS) is 25.5. The molecule has 0 N–H and O–H groups in total. The van der Waals surface area contributed by atoms with Crippen molar-refractivity contribution in [3.8, 4) is 5.75 Å². The van der Waals surface area contributed by atoms with Crippen molar-refractivity contribution >= 4 is 23.0 Å².